The highest BCUT2D eigenvalue weighted by Gasteiger charge is 2.16. The molecule has 0 unspecified atom stereocenters. The molecule has 1 aromatic heterocycles. The molecule has 0 bridgehead atoms. The molecule has 17 heavy (non-hydrogen) atoms. The Morgan fingerprint density at radius 1 is 1.35 bits per heavy atom. The second-order valence-corrected chi connectivity index (χ2v) is 5.07. The lowest BCUT2D eigenvalue weighted by Crippen LogP contribution is -2.36. The topological polar surface area (TPSA) is 49.8 Å². The molecule has 1 aliphatic carbocycles. The minimum atomic E-state index is 0.216. The van der Waals surface area contributed by atoms with Crippen molar-refractivity contribution < 1.29 is 0 Å². The van der Waals surface area contributed by atoms with Crippen molar-refractivity contribution in [2.24, 2.45) is 0 Å². The van der Waals surface area contributed by atoms with Gasteiger partial charge in [0.15, 0.2) is 16.1 Å². The van der Waals surface area contributed by atoms with Gasteiger partial charge in [0.1, 0.15) is 5.15 Å². The van der Waals surface area contributed by atoms with E-state index in [-0.39, 0.29) is 10.3 Å². The molecule has 0 spiro atoms. The van der Waals surface area contributed by atoms with E-state index < -0.39 is 0 Å². The van der Waals surface area contributed by atoms with Crippen molar-refractivity contribution in [3.05, 3.63) is 16.5 Å². The quantitative estimate of drug-likeness (QED) is 0.820. The zero-order chi connectivity index (χ0) is 12.3. The number of rotatable bonds is 2. The minimum Gasteiger partial charge on any atom is -0.360 e. The molecular weight excluding hydrogens is 279 g/mol. The fourth-order valence-corrected chi connectivity index (χ4v) is 2.46. The van der Waals surface area contributed by atoms with Gasteiger partial charge >= 0.3 is 0 Å². The van der Waals surface area contributed by atoms with Crippen molar-refractivity contribution in [1.82, 2.24) is 15.3 Å². The molecule has 1 aromatic rings. The molecule has 2 rings (SSSR count). The van der Waals surface area contributed by atoms with E-state index in [1.165, 1.54) is 19.0 Å². The standard InChI is InChI=1S/C10H12Cl2N4S/c11-7-5-13-9(8(12)15-7)16-10(17)14-6-3-1-2-4-6/h5-6H,1-4H2,(H2,13,14,16,17). The summed E-state index contributed by atoms with van der Waals surface area (Å²) in [6.45, 7) is 0. The largest absolute Gasteiger partial charge is 0.360 e. The summed E-state index contributed by atoms with van der Waals surface area (Å²) in [6, 6.07) is 0.453. The lowest BCUT2D eigenvalue weighted by atomic mass is 10.3. The molecule has 1 heterocycles. The Labute approximate surface area is 115 Å². The van der Waals surface area contributed by atoms with Gasteiger partial charge in [-0.3, -0.25) is 0 Å². The van der Waals surface area contributed by atoms with Gasteiger partial charge in [-0.05, 0) is 25.1 Å². The normalized spacial score (nSPS) is 15.9. The number of nitrogens with zero attached hydrogens (tertiary/aromatic N) is 2. The number of halogens is 2. The Bertz CT molecular complexity index is 421. The molecule has 0 amide bonds. The highest BCUT2D eigenvalue weighted by Crippen LogP contribution is 2.20. The molecule has 1 aliphatic rings. The number of hydrogen-bond donors (Lipinski definition) is 2. The first kappa shape index (κ1) is 12.8. The van der Waals surface area contributed by atoms with E-state index in [1.54, 1.807) is 0 Å². The van der Waals surface area contributed by atoms with Gasteiger partial charge < -0.3 is 10.6 Å². The Morgan fingerprint density at radius 2 is 2.06 bits per heavy atom. The highest BCUT2D eigenvalue weighted by atomic mass is 35.5. The summed E-state index contributed by atoms with van der Waals surface area (Å²) < 4.78 is 0. The lowest BCUT2D eigenvalue weighted by molar-refractivity contribution is 0.634. The van der Waals surface area contributed by atoms with Gasteiger partial charge in [-0.2, -0.15) is 0 Å². The van der Waals surface area contributed by atoms with Gasteiger partial charge in [-0.25, -0.2) is 9.97 Å². The van der Waals surface area contributed by atoms with Crippen LogP contribution in [0.15, 0.2) is 6.20 Å². The van der Waals surface area contributed by atoms with Gasteiger partial charge in [0.25, 0.3) is 0 Å². The molecular formula is C10H12Cl2N4S. The Morgan fingerprint density at radius 3 is 2.71 bits per heavy atom. The molecule has 0 aromatic carbocycles. The maximum absolute atomic E-state index is 5.88. The molecule has 0 aliphatic heterocycles. The van der Waals surface area contributed by atoms with Crippen LogP contribution in [0.1, 0.15) is 25.7 Å². The van der Waals surface area contributed by atoms with Crippen LogP contribution in [0, 0.1) is 0 Å². The van der Waals surface area contributed by atoms with Crippen LogP contribution in [0.25, 0.3) is 0 Å². The summed E-state index contributed by atoms with van der Waals surface area (Å²) in [5, 5.41) is 7.15. The van der Waals surface area contributed by atoms with Crippen molar-refractivity contribution in [3.8, 4) is 0 Å². The van der Waals surface area contributed by atoms with Crippen LogP contribution in [-0.2, 0) is 0 Å². The van der Waals surface area contributed by atoms with Crippen molar-refractivity contribution >= 4 is 46.4 Å². The van der Waals surface area contributed by atoms with E-state index >= 15 is 0 Å². The van der Waals surface area contributed by atoms with Crippen LogP contribution in [-0.4, -0.2) is 21.1 Å². The second-order valence-electron chi connectivity index (χ2n) is 3.91. The molecule has 0 atom stereocenters. The van der Waals surface area contributed by atoms with Crippen molar-refractivity contribution in [3.63, 3.8) is 0 Å². The maximum atomic E-state index is 5.88. The summed E-state index contributed by atoms with van der Waals surface area (Å²) in [5.74, 6) is 0.423. The third kappa shape index (κ3) is 3.66. The van der Waals surface area contributed by atoms with Crippen molar-refractivity contribution in [2.45, 2.75) is 31.7 Å². The monoisotopic (exact) mass is 290 g/mol. The number of hydrogen-bond acceptors (Lipinski definition) is 3. The van der Waals surface area contributed by atoms with Crippen molar-refractivity contribution in [1.29, 1.82) is 0 Å². The van der Waals surface area contributed by atoms with Gasteiger partial charge in [-0.1, -0.05) is 36.0 Å². The first-order valence-electron chi connectivity index (χ1n) is 5.40. The van der Waals surface area contributed by atoms with Crippen LogP contribution in [0.3, 0.4) is 0 Å². The van der Waals surface area contributed by atoms with E-state index in [4.69, 9.17) is 35.4 Å². The SMILES string of the molecule is S=C(Nc1ncc(Cl)nc1Cl)NC1CCCC1. The van der Waals surface area contributed by atoms with E-state index in [1.807, 2.05) is 0 Å². The Hall–Kier alpha value is -0.650. The number of thiocarbonyl (C=S) groups is 1. The fourth-order valence-electron chi connectivity index (χ4n) is 1.83. The molecule has 7 heteroatoms. The average molecular weight is 291 g/mol. The highest BCUT2D eigenvalue weighted by molar-refractivity contribution is 7.80. The third-order valence-corrected chi connectivity index (χ3v) is 3.29. The summed E-state index contributed by atoms with van der Waals surface area (Å²) in [5.41, 5.74) is 0. The second kappa shape index (κ2) is 5.80. The van der Waals surface area contributed by atoms with E-state index in [9.17, 15) is 0 Å². The van der Waals surface area contributed by atoms with Crippen LogP contribution in [0.4, 0.5) is 5.82 Å². The van der Waals surface area contributed by atoms with E-state index in [2.05, 4.69) is 20.6 Å². The van der Waals surface area contributed by atoms with Gasteiger partial charge in [-0.15, -0.1) is 0 Å². The zero-order valence-corrected chi connectivity index (χ0v) is 11.4. The molecule has 0 radical (unpaired) electrons. The van der Waals surface area contributed by atoms with Gasteiger partial charge in [0.05, 0.1) is 6.20 Å². The van der Waals surface area contributed by atoms with Crippen LogP contribution >= 0.6 is 35.4 Å². The minimum absolute atomic E-state index is 0.216. The van der Waals surface area contributed by atoms with Crippen LogP contribution in [0.5, 0.6) is 0 Å². The number of anilines is 1. The average Bonchev–Trinajstić information content (AvgIpc) is 2.75. The summed E-state index contributed by atoms with van der Waals surface area (Å²) in [4.78, 5) is 7.90. The van der Waals surface area contributed by atoms with Crippen LogP contribution in [0.2, 0.25) is 10.3 Å². The fraction of sp³-hybridized carbons (Fsp3) is 0.500. The summed E-state index contributed by atoms with van der Waals surface area (Å²) in [6.07, 6.45) is 6.24. The van der Waals surface area contributed by atoms with Crippen molar-refractivity contribution in [2.75, 3.05) is 5.32 Å². The molecule has 1 saturated carbocycles. The summed E-state index contributed by atoms with van der Waals surface area (Å²) >= 11 is 16.7. The van der Waals surface area contributed by atoms with Crippen LogP contribution < -0.4 is 10.6 Å². The maximum Gasteiger partial charge on any atom is 0.173 e. The van der Waals surface area contributed by atoms with Gasteiger partial charge in [0.2, 0.25) is 0 Å². The smallest absolute Gasteiger partial charge is 0.173 e. The van der Waals surface area contributed by atoms with Gasteiger partial charge in [0, 0.05) is 6.04 Å². The first-order chi connectivity index (χ1) is 8.15. The number of aromatic nitrogens is 2. The predicted molar refractivity (Wildman–Crippen MR) is 73.7 cm³/mol. The first-order valence-corrected chi connectivity index (χ1v) is 6.57. The zero-order valence-electron chi connectivity index (χ0n) is 9.04. The Balaban J connectivity index is 1.93. The Kier molecular flexibility index (Phi) is 4.36. The summed E-state index contributed by atoms with van der Waals surface area (Å²) in [7, 11) is 0. The third-order valence-electron chi connectivity index (χ3n) is 2.62. The molecule has 2 N–H and O–H groups in total. The molecule has 4 nitrogen and oxygen atoms in total. The van der Waals surface area contributed by atoms with E-state index in [0.717, 1.165) is 12.8 Å². The van der Waals surface area contributed by atoms with E-state index in [0.29, 0.717) is 17.0 Å². The molecule has 1 fully saturated rings. The number of nitrogens with one attached hydrogen (secondary N) is 2. The lowest BCUT2D eigenvalue weighted by Gasteiger charge is -2.15. The molecule has 0 saturated heterocycles. The molecule has 92 valence electrons. The predicted octanol–water partition coefficient (Wildman–Crippen LogP) is 3.01.